The van der Waals surface area contributed by atoms with Crippen molar-refractivity contribution in [2.24, 2.45) is 0 Å². The minimum atomic E-state index is 0.344. The van der Waals surface area contributed by atoms with Crippen LogP contribution in [-0.4, -0.2) is 12.3 Å². The van der Waals surface area contributed by atoms with Crippen molar-refractivity contribution in [3.8, 4) is 16.9 Å². The predicted octanol–water partition coefficient (Wildman–Crippen LogP) is 2.59. The first-order valence-corrected chi connectivity index (χ1v) is 4.64. The molecule has 0 fully saturated rings. The van der Waals surface area contributed by atoms with E-state index in [4.69, 9.17) is 26.6 Å². The molecule has 4 nitrogen and oxygen atoms in total. The molecule has 0 aliphatic heterocycles. The molecule has 5 heteroatoms. The molecule has 2 N–H and O–H groups in total. The van der Waals surface area contributed by atoms with Gasteiger partial charge in [0.2, 0.25) is 0 Å². The zero-order valence-electron chi connectivity index (χ0n) is 8.03. The van der Waals surface area contributed by atoms with E-state index in [1.54, 1.807) is 19.2 Å². The Bertz CT molecular complexity index is 482. The van der Waals surface area contributed by atoms with E-state index in [0.717, 1.165) is 11.1 Å². The van der Waals surface area contributed by atoms with Gasteiger partial charge in [-0.3, -0.25) is 0 Å². The predicted molar refractivity (Wildman–Crippen MR) is 57.9 cm³/mol. The highest BCUT2D eigenvalue weighted by molar-refractivity contribution is 6.32. The zero-order chi connectivity index (χ0) is 10.8. The summed E-state index contributed by atoms with van der Waals surface area (Å²) < 4.78 is 9.79. The van der Waals surface area contributed by atoms with Gasteiger partial charge in [-0.05, 0) is 17.7 Å². The van der Waals surface area contributed by atoms with Gasteiger partial charge in [-0.1, -0.05) is 22.8 Å². The third-order valence-corrected chi connectivity index (χ3v) is 2.36. The number of nitrogens with zero attached hydrogens (tertiary/aromatic N) is 1. The molecule has 0 saturated heterocycles. The zero-order valence-corrected chi connectivity index (χ0v) is 8.78. The average Bonchev–Trinajstić information content (AvgIpc) is 2.64. The Morgan fingerprint density at radius 3 is 2.80 bits per heavy atom. The second-order valence-electron chi connectivity index (χ2n) is 2.96. The fraction of sp³-hybridized carbons (Fsp3) is 0.100. The van der Waals surface area contributed by atoms with E-state index in [1.165, 1.54) is 6.26 Å². The van der Waals surface area contributed by atoms with Gasteiger partial charge in [-0.2, -0.15) is 0 Å². The Morgan fingerprint density at radius 1 is 1.47 bits per heavy atom. The van der Waals surface area contributed by atoms with Crippen molar-refractivity contribution < 1.29 is 9.26 Å². The summed E-state index contributed by atoms with van der Waals surface area (Å²) in [6.07, 6.45) is 1.48. The number of halogens is 1. The van der Waals surface area contributed by atoms with Crippen molar-refractivity contribution in [3.63, 3.8) is 0 Å². The normalized spacial score (nSPS) is 10.3. The van der Waals surface area contributed by atoms with E-state index < -0.39 is 0 Å². The molecule has 0 saturated carbocycles. The van der Waals surface area contributed by atoms with E-state index in [9.17, 15) is 0 Å². The van der Waals surface area contributed by atoms with Crippen molar-refractivity contribution in [2.75, 3.05) is 12.8 Å². The van der Waals surface area contributed by atoms with Crippen LogP contribution in [0.5, 0.6) is 5.75 Å². The van der Waals surface area contributed by atoms with Crippen LogP contribution < -0.4 is 10.5 Å². The van der Waals surface area contributed by atoms with Gasteiger partial charge in [0, 0.05) is 0 Å². The van der Waals surface area contributed by atoms with Crippen LogP contribution >= 0.6 is 11.6 Å². The molecule has 0 spiro atoms. The highest BCUT2D eigenvalue weighted by Crippen LogP contribution is 2.32. The molecule has 15 heavy (non-hydrogen) atoms. The van der Waals surface area contributed by atoms with Gasteiger partial charge < -0.3 is 15.0 Å². The molecule has 78 valence electrons. The summed E-state index contributed by atoms with van der Waals surface area (Å²) in [5.74, 6) is 0.965. The molecule has 0 unspecified atom stereocenters. The Labute approximate surface area is 91.6 Å². The van der Waals surface area contributed by atoms with Crippen LogP contribution in [0.3, 0.4) is 0 Å². The number of ether oxygens (including phenoxy) is 1. The molecule has 2 aromatic rings. The Hall–Kier alpha value is -1.68. The number of hydrogen-bond acceptors (Lipinski definition) is 4. The van der Waals surface area contributed by atoms with Crippen LogP contribution in [0.4, 0.5) is 5.82 Å². The minimum absolute atomic E-state index is 0.344. The quantitative estimate of drug-likeness (QED) is 0.852. The van der Waals surface area contributed by atoms with E-state index in [1.807, 2.05) is 6.07 Å². The van der Waals surface area contributed by atoms with E-state index in [0.29, 0.717) is 16.6 Å². The Balaban J connectivity index is 2.47. The molecule has 0 atom stereocenters. The van der Waals surface area contributed by atoms with Crippen LogP contribution in [0, 0.1) is 0 Å². The average molecular weight is 225 g/mol. The first-order valence-electron chi connectivity index (χ1n) is 4.26. The van der Waals surface area contributed by atoms with Crippen molar-refractivity contribution in [1.82, 2.24) is 5.16 Å². The van der Waals surface area contributed by atoms with Crippen LogP contribution in [0.25, 0.3) is 11.1 Å². The number of nitrogens with two attached hydrogens (primary N) is 1. The summed E-state index contributed by atoms with van der Waals surface area (Å²) in [6, 6.07) is 5.36. The largest absolute Gasteiger partial charge is 0.495 e. The monoisotopic (exact) mass is 224 g/mol. The van der Waals surface area contributed by atoms with Crippen molar-refractivity contribution >= 4 is 17.4 Å². The summed E-state index contributed by atoms with van der Waals surface area (Å²) in [4.78, 5) is 0. The first-order chi connectivity index (χ1) is 7.22. The summed E-state index contributed by atoms with van der Waals surface area (Å²) in [5.41, 5.74) is 7.18. The topological polar surface area (TPSA) is 61.3 Å². The van der Waals surface area contributed by atoms with Gasteiger partial charge in [0.15, 0.2) is 5.82 Å². The molecule has 2 rings (SSSR count). The first kappa shape index (κ1) is 9.86. The smallest absolute Gasteiger partial charge is 0.174 e. The van der Waals surface area contributed by atoms with Crippen LogP contribution in [0.1, 0.15) is 0 Å². The van der Waals surface area contributed by atoms with Gasteiger partial charge in [0.25, 0.3) is 0 Å². The lowest BCUT2D eigenvalue weighted by Crippen LogP contribution is -1.88. The van der Waals surface area contributed by atoms with Gasteiger partial charge in [0.05, 0.1) is 17.7 Å². The second kappa shape index (κ2) is 3.82. The van der Waals surface area contributed by atoms with Crippen molar-refractivity contribution in [3.05, 3.63) is 29.5 Å². The van der Waals surface area contributed by atoms with Crippen molar-refractivity contribution in [1.29, 1.82) is 0 Å². The standard InChI is InChI=1S/C10H9ClN2O2/c1-14-9-3-2-6(4-8(9)11)7-5-15-13-10(7)12/h2-5H,1H3,(H2,12,13). The molecule has 0 radical (unpaired) electrons. The van der Waals surface area contributed by atoms with Crippen molar-refractivity contribution in [2.45, 2.75) is 0 Å². The maximum atomic E-state index is 5.98. The number of nitrogen functional groups attached to an aromatic ring is 1. The maximum absolute atomic E-state index is 5.98. The molecular formula is C10H9ClN2O2. The number of anilines is 1. The molecule has 1 aromatic carbocycles. The lowest BCUT2D eigenvalue weighted by atomic mass is 10.1. The fourth-order valence-corrected chi connectivity index (χ4v) is 1.55. The third kappa shape index (κ3) is 1.76. The molecular weight excluding hydrogens is 216 g/mol. The molecule has 0 amide bonds. The van der Waals surface area contributed by atoms with Gasteiger partial charge in [0.1, 0.15) is 12.0 Å². The number of aromatic nitrogens is 1. The highest BCUT2D eigenvalue weighted by atomic mass is 35.5. The number of hydrogen-bond donors (Lipinski definition) is 1. The summed E-state index contributed by atoms with van der Waals surface area (Å²) in [7, 11) is 1.56. The highest BCUT2D eigenvalue weighted by Gasteiger charge is 2.09. The molecule has 0 aliphatic carbocycles. The molecule has 1 aromatic heterocycles. The van der Waals surface area contributed by atoms with Gasteiger partial charge in [-0.15, -0.1) is 0 Å². The van der Waals surface area contributed by atoms with Crippen LogP contribution in [-0.2, 0) is 0 Å². The van der Waals surface area contributed by atoms with E-state index in [2.05, 4.69) is 5.16 Å². The summed E-state index contributed by atoms with van der Waals surface area (Å²) in [5, 5.41) is 4.12. The maximum Gasteiger partial charge on any atom is 0.174 e. The Kier molecular flexibility index (Phi) is 2.51. The van der Waals surface area contributed by atoms with E-state index >= 15 is 0 Å². The minimum Gasteiger partial charge on any atom is -0.495 e. The lowest BCUT2D eigenvalue weighted by molar-refractivity contribution is 0.415. The number of rotatable bonds is 2. The number of benzene rings is 1. The number of methoxy groups -OCH3 is 1. The lowest BCUT2D eigenvalue weighted by Gasteiger charge is -2.04. The van der Waals surface area contributed by atoms with Crippen LogP contribution in [0.15, 0.2) is 29.0 Å². The summed E-state index contributed by atoms with van der Waals surface area (Å²) >= 11 is 5.98. The summed E-state index contributed by atoms with van der Waals surface area (Å²) in [6.45, 7) is 0. The third-order valence-electron chi connectivity index (χ3n) is 2.06. The Morgan fingerprint density at radius 2 is 2.27 bits per heavy atom. The van der Waals surface area contributed by atoms with E-state index in [-0.39, 0.29) is 0 Å². The molecule has 0 bridgehead atoms. The second-order valence-corrected chi connectivity index (χ2v) is 3.37. The van der Waals surface area contributed by atoms with Gasteiger partial charge >= 0.3 is 0 Å². The molecule has 1 heterocycles. The van der Waals surface area contributed by atoms with Gasteiger partial charge in [-0.25, -0.2) is 0 Å². The fourth-order valence-electron chi connectivity index (χ4n) is 1.30. The SMILES string of the molecule is COc1ccc(-c2conc2N)cc1Cl. The molecule has 0 aliphatic rings. The van der Waals surface area contributed by atoms with Crippen LogP contribution in [0.2, 0.25) is 5.02 Å².